The molecule has 9 aromatic carbocycles. The van der Waals surface area contributed by atoms with Gasteiger partial charge in [0.1, 0.15) is 47.7 Å². The fourth-order valence-corrected chi connectivity index (χ4v) is 14.8. The van der Waals surface area contributed by atoms with Gasteiger partial charge in [-0.3, -0.25) is 11.8 Å². The maximum absolute atomic E-state index is 7.18. The van der Waals surface area contributed by atoms with Gasteiger partial charge in [0, 0.05) is 23.5 Å². The van der Waals surface area contributed by atoms with E-state index in [4.69, 9.17) is 12.8 Å². The molecule has 0 saturated heterocycles. The van der Waals surface area contributed by atoms with Gasteiger partial charge in [0.15, 0.2) is 0 Å². The Morgan fingerprint density at radius 2 is 0.785 bits per heavy atom. The van der Waals surface area contributed by atoms with Gasteiger partial charge in [-0.15, -0.1) is 35.4 Å². The fourth-order valence-electron chi connectivity index (χ4n) is 8.76. The van der Waals surface area contributed by atoms with Crippen molar-refractivity contribution in [2.75, 3.05) is 0 Å². The Labute approximate surface area is 417 Å². The molecule has 65 heavy (non-hydrogen) atoms. The standard InChI is InChI=1S/C30H24P2.C15H10N.C15H9.2Au/c1-5-15-25(16-6-1)31(26-17-7-2-8-18-26)29-23-13-14-24-30(29)32(27-19-9-3-10-20-27)28-21-11-4-12-22-28;1-3-11-8-9-15-13(10-11)12-6-4-5-7-14(12)16(15)2;1-2-11-7-8-15-13(9-11)10-12-5-3-4-6-14(12)15;;/h1-24H;4-10H,2H3;3-9H,10H2;;/q;2*-1;2*+1/p+2. The van der Waals surface area contributed by atoms with Crippen molar-refractivity contribution in [1.82, 2.24) is 4.57 Å². The SMILES string of the molecule is [Au+].[Au+].[C-]#Cc1ccc2c(c1)Cc1ccccc1-2.[C-]#Cc1ccc2c(c1)c1ccccc1n2C.c1ccc([PH+](c2ccccc2)c2ccccc2[PH+](c2ccccc2)c2ccccc2)cc1. The Hall–Kier alpha value is -5.76. The van der Waals surface area contributed by atoms with E-state index in [9.17, 15) is 0 Å². The van der Waals surface area contributed by atoms with Gasteiger partial charge in [-0.05, 0) is 95.2 Å². The minimum Gasteiger partial charge on any atom is -0.366 e. The van der Waals surface area contributed by atoms with Crippen LogP contribution in [0.1, 0.15) is 22.3 Å². The molecule has 1 nitrogen and oxygen atoms in total. The molecule has 1 aliphatic rings. The van der Waals surface area contributed by atoms with E-state index in [-0.39, 0.29) is 44.8 Å². The zero-order valence-electron chi connectivity index (χ0n) is 35.7. The second kappa shape index (κ2) is 22.4. The van der Waals surface area contributed by atoms with Crippen LogP contribution in [-0.2, 0) is 58.2 Å². The minimum atomic E-state index is -1.14. The Kier molecular flexibility index (Phi) is 16.3. The van der Waals surface area contributed by atoms with Crippen LogP contribution in [0, 0.1) is 24.7 Å². The van der Waals surface area contributed by atoms with Crippen molar-refractivity contribution >= 4 is 69.5 Å². The van der Waals surface area contributed by atoms with Gasteiger partial charge in [0.25, 0.3) is 0 Å². The van der Waals surface area contributed by atoms with Gasteiger partial charge in [0.2, 0.25) is 0 Å². The summed E-state index contributed by atoms with van der Waals surface area (Å²) in [4.78, 5) is 0. The molecule has 1 aliphatic carbocycles. The van der Waals surface area contributed by atoms with Gasteiger partial charge in [-0.1, -0.05) is 145 Å². The molecule has 0 aliphatic heterocycles. The van der Waals surface area contributed by atoms with Crippen molar-refractivity contribution in [3.8, 4) is 23.0 Å². The average molecular weight is 1240 g/mol. The monoisotopic (exact) mass is 1240 g/mol. The summed E-state index contributed by atoms with van der Waals surface area (Å²) in [6.45, 7) is 0. The second-order valence-electron chi connectivity index (χ2n) is 15.5. The predicted molar refractivity (Wildman–Crippen MR) is 274 cm³/mol. The zero-order valence-corrected chi connectivity index (χ0v) is 42.0. The molecule has 0 saturated carbocycles. The summed E-state index contributed by atoms with van der Waals surface area (Å²) in [5.74, 6) is 4.87. The fraction of sp³-hybridized carbons (Fsp3) is 0.0333. The van der Waals surface area contributed by atoms with Crippen molar-refractivity contribution < 1.29 is 44.8 Å². The summed E-state index contributed by atoms with van der Waals surface area (Å²) >= 11 is 0. The van der Waals surface area contributed by atoms with Crippen LogP contribution >= 0.6 is 15.8 Å². The van der Waals surface area contributed by atoms with E-state index in [1.165, 1.54) is 75.9 Å². The number of aryl methyl sites for hydroxylation is 1. The summed E-state index contributed by atoms with van der Waals surface area (Å²) in [7, 11) is -0.212. The first-order valence-corrected chi connectivity index (χ1v) is 24.2. The first-order chi connectivity index (χ1) is 31.1. The first-order valence-electron chi connectivity index (χ1n) is 21.2. The quantitative estimate of drug-likeness (QED) is 0.0677. The molecular formula is C60H45Au2NP2+2. The van der Waals surface area contributed by atoms with Crippen molar-refractivity contribution in [1.29, 1.82) is 0 Å². The van der Waals surface area contributed by atoms with E-state index in [2.05, 4.69) is 218 Å². The predicted octanol–water partition coefficient (Wildman–Crippen LogP) is 11.1. The molecule has 0 unspecified atom stereocenters. The van der Waals surface area contributed by atoms with E-state index < -0.39 is 15.8 Å². The zero-order chi connectivity index (χ0) is 43.0. The summed E-state index contributed by atoms with van der Waals surface area (Å²) in [6, 6.07) is 82.3. The normalized spacial score (nSPS) is 10.8. The summed E-state index contributed by atoms with van der Waals surface area (Å²) in [5.41, 5.74) is 9.45. The molecule has 0 bridgehead atoms. The Morgan fingerprint density at radius 3 is 1.31 bits per heavy atom. The van der Waals surface area contributed by atoms with Crippen LogP contribution in [-0.4, -0.2) is 4.57 Å². The summed E-state index contributed by atoms with van der Waals surface area (Å²) in [6.07, 6.45) is 15.3. The Balaban J connectivity index is 0.000000160. The summed E-state index contributed by atoms with van der Waals surface area (Å²) in [5, 5.41) is 11.1. The van der Waals surface area contributed by atoms with Crippen LogP contribution in [0.15, 0.2) is 231 Å². The molecule has 0 amide bonds. The molecule has 11 rings (SSSR count). The van der Waals surface area contributed by atoms with Crippen LogP contribution in [0.25, 0.3) is 32.9 Å². The van der Waals surface area contributed by atoms with E-state index in [1.54, 1.807) is 0 Å². The van der Waals surface area contributed by atoms with Crippen molar-refractivity contribution in [2.24, 2.45) is 7.05 Å². The number of hydrogen-bond donors (Lipinski definition) is 0. The van der Waals surface area contributed by atoms with E-state index in [1.807, 2.05) is 36.4 Å². The number of rotatable bonds is 6. The second-order valence-corrected chi connectivity index (χ2v) is 20.4. The van der Waals surface area contributed by atoms with Crippen LogP contribution in [0.4, 0.5) is 0 Å². The number of benzene rings is 9. The van der Waals surface area contributed by atoms with E-state index >= 15 is 0 Å². The Bertz CT molecular complexity index is 3060. The van der Waals surface area contributed by atoms with Crippen LogP contribution in [0.2, 0.25) is 0 Å². The van der Waals surface area contributed by atoms with Crippen molar-refractivity contribution in [3.05, 3.63) is 266 Å². The van der Waals surface area contributed by atoms with Crippen LogP contribution in [0.5, 0.6) is 0 Å². The molecule has 1 heterocycles. The van der Waals surface area contributed by atoms with Crippen LogP contribution < -0.4 is 31.8 Å². The molecule has 0 atom stereocenters. The molecular weight excluding hydrogens is 1190 g/mol. The minimum absolute atomic E-state index is 0. The van der Waals surface area contributed by atoms with E-state index in [0.29, 0.717) is 0 Å². The van der Waals surface area contributed by atoms with Crippen LogP contribution in [0.3, 0.4) is 0 Å². The number of aromatic nitrogens is 1. The van der Waals surface area contributed by atoms with E-state index in [0.717, 1.165) is 17.5 Å². The number of nitrogens with zero attached hydrogens (tertiary/aromatic N) is 1. The van der Waals surface area contributed by atoms with Gasteiger partial charge < -0.3 is 17.4 Å². The number of hydrogen-bond acceptors (Lipinski definition) is 0. The third-order valence-electron chi connectivity index (χ3n) is 11.7. The van der Waals surface area contributed by atoms with Gasteiger partial charge in [-0.2, -0.15) is 0 Å². The number of para-hydroxylation sites is 1. The summed E-state index contributed by atoms with van der Waals surface area (Å²) < 4.78 is 2.18. The molecule has 0 radical (unpaired) electrons. The van der Waals surface area contributed by atoms with Gasteiger partial charge in [-0.25, -0.2) is 0 Å². The largest absolute Gasteiger partial charge is 1.00 e. The molecule has 10 aromatic rings. The van der Waals surface area contributed by atoms with Crippen molar-refractivity contribution in [3.63, 3.8) is 0 Å². The van der Waals surface area contributed by atoms with Crippen molar-refractivity contribution in [2.45, 2.75) is 6.42 Å². The smallest absolute Gasteiger partial charge is 0.366 e. The average Bonchev–Trinajstić information content (AvgIpc) is 3.87. The molecule has 320 valence electrons. The molecule has 0 spiro atoms. The molecule has 0 N–H and O–H groups in total. The topological polar surface area (TPSA) is 4.93 Å². The first kappa shape index (κ1) is 47.2. The van der Waals surface area contributed by atoms with Gasteiger partial charge >= 0.3 is 44.8 Å². The maximum atomic E-state index is 7.18. The molecule has 5 heteroatoms. The third-order valence-corrected chi connectivity index (χ3v) is 17.6. The maximum Gasteiger partial charge on any atom is 1.00 e. The molecule has 1 aromatic heterocycles. The molecule has 0 fully saturated rings. The third kappa shape index (κ3) is 10.4. The van der Waals surface area contributed by atoms with Gasteiger partial charge in [0.05, 0.1) is 0 Å². The Morgan fingerprint density at radius 1 is 0.385 bits per heavy atom. The number of fused-ring (bicyclic) bond motifs is 6.